The quantitative estimate of drug-likeness (QED) is 0.465. The third-order valence-electron chi connectivity index (χ3n) is 3.62. The Labute approximate surface area is 112 Å². The summed E-state index contributed by atoms with van der Waals surface area (Å²) in [4.78, 5) is 11.4. The Bertz CT molecular complexity index is 514. The van der Waals surface area contributed by atoms with Gasteiger partial charge in [-0.2, -0.15) is 0 Å². The molecule has 0 N–H and O–H groups in total. The smallest absolute Gasteiger partial charge is 0.314 e. The van der Waals surface area contributed by atoms with Gasteiger partial charge in [0.1, 0.15) is 11.9 Å². The SMILES string of the molecule is C/C(=C\CC[C@H]1C(=O)O[C@@H]2O[C@@H]21)Cc1cc(C)co1. The molecule has 2 fully saturated rings. The molecule has 0 aliphatic carbocycles. The zero-order valence-corrected chi connectivity index (χ0v) is 11.2. The molecule has 4 nitrogen and oxygen atoms in total. The maximum atomic E-state index is 11.4. The molecule has 0 radical (unpaired) electrons. The molecule has 3 atom stereocenters. The molecular weight excluding hydrogens is 244 g/mol. The molecule has 102 valence electrons. The van der Waals surface area contributed by atoms with Crippen LogP contribution in [0.15, 0.2) is 28.4 Å². The van der Waals surface area contributed by atoms with Crippen LogP contribution in [0.3, 0.4) is 0 Å². The first-order valence-corrected chi connectivity index (χ1v) is 6.69. The van der Waals surface area contributed by atoms with Gasteiger partial charge in [0.05, 0.1) is 12.2 Å². The number of furan rings is 1. The number of carbonyl (C=O) groups excluding carboxylic acids is 1. The van der Waals surface area contributed by atoms with E-state index in [4.69, 9.17) is 13.9 Å². The van der Waals surface area contributed by atoms with Crippen LogP contribution in [-0.4, -0.2) is 18.4 Å². The Morgan fingerprint density at radius 3 is 2.95 bits per heavy atom. The topological polar surface area (TPSA) is 52.0 Å². The van der Waals surface area contributed by atoms with E-state index in [2.05, 4.69) is 13.0 Å². The van der Waals surface area contributed by atoms with Crippen molar-refractivity contribution in [1.82, 2.24) is 0 Å². The fourth-order valence-corrected chi connectivity index (χ4v) is 2.55. The zero-order valence-electron chi connectivity index (χ0n) is 11.2. The molecule has 2 aliphatic rings. The number of allylic oxidation sites excluding steroid dienone is 2. The predicted octanol–water partition coefficient (Wildman–Crippen LogP) is 2.75. The van der Waals surface area contributed by atoms with Crippen molar-refractivity contribution in [2.75, 3.05) is 0 Å². The molecule has 1 aromatic heterocycles. The van der Waals surface area contributed by atoms with E-state index < -0.39 is 0 Å². The van der Waals surface area contributed by atoms with Crippen LogP contribution in [0.25, 0.3) is 0 Å². The number of carbonyl (C=O) groups is 1. The Morgan fingerprint density at radius 1 is 1.47 bits per heavy atom. The number of ether oxygens (including phenoxy) is 2. The van der Waals surface area contributed by atoms with Gasteiger partial charge in [-0.1, -0.05) is 11.6 Å². The molecule has 1 aromatic rings. The molecule has 3 heterocycles. The van der Waals surface area contributed by atoms with Crippen molar-refractivity contribution in [3.8, 4) is 0 Å². The first-order valence-electron chi connectivity index (χ1n) is 6.69. The van der Waals surface area contributed by atoms with Crippen LogP contribution < -0.4 is 0 Å². The zero-order chi connectivity index (χ0) is 13.4. The lowest BCUT2D eigenvalue weighted by molar-refractivity contribution is -0.151. The molecular formula is C15H18O4. The second kappa shape index (κ2) is 4.85. The standard InChI is InChI=1S/C15H18O4/c1-9(6-11-7-10(2)8-17-11)4-3-5-12-13-15(18-13)19-14(12)16/h4,7-8,12-13,15H,3,5-6H2,1-2H3/b9-4+/t12-,13-,15+/m1/s1. The van der Waals surface area contributed by atoms with Crippen molar-refractivity contribution in [3.63, 3.8) is 0 Å². The second-order valence-electron chi connectivity index (χ2n) is 5.41. The first-order chi connectivity index (χ1) is 9.13. The highest BCUT2D eigenvalue weighted by Gasteiger charge is 2.57. The molecule has 0 amide bonds. The Balaban J connectivity index is 1.48. The summed E-state index contributed by atoms with van der Waals surface area (Å²) in [5, 5.41) is 0. The monoisotopic (exact) mass is 262 g/mol. The number of esters is 1. The summed E-state index contributed by atoms with van der Waals surface area (Å²) >= 11 is 0. The largest absolute Gasteiger partial charge is 0.469 e. The second-order valence-corrected chi connectivity index (χ2v) is 5.41. The van der Waals surface area contributed by atoms with E-state index in [0.717, 1.165) is 30.6 Å². The fourth-order valence-electron chi connectivity index (χ4n) is 2.55. The minimum Gasteiger partial charge on any atom is -0.469 e. The summed E-state index contributed by atoms with van der Waals surface area (Å²) in [5.74, 6) is 0.811. The maximum Gasteiger partial charge on any atom is 0.314 e. The van der Waals surface area contributed by atoms with Gasteiger partial charge in [-0.3, -0.25) is 4.79 Å². The van der Waals surface area contributed by atoms with Gasteiger partial charge in [0.25, 0.3) is 0 Å². The van der Waals surface area contributed by atoms with Gasteiger partial charge < -0.3 is 13.9 Å². The number of hydrogen-bond acceptors (Lipinski definition) is 4. The van der Waals surface area contributed by atoms with Gasteiger partial charge >= 0.3 is 5.97 Å². The van der Waals surface area contributed by atoms with E-state index in [1.165, 1.54) is 5.57 Å². The molecule has 19 heavy (non-hydrogen) atoms. The van der Waals surface area contributed by atoms with Gasteiger partial charge in [0.2, 0.25) is 6.29 Å². The molecule has 2 saturated heterocycles. The Morgan fingerprint density at radius 2 is 2.32 bits per heavy atom. The number of fused-ring (bicyclic) bond motifs is 1. The van der Waals surface area contributed by atoms with Crippen LogP contribution in [0.5, 0.6) is 0 Å². The highest BCUT2D eigenvalue weighted by molar-refractivity contribution is 5.76. The lowest BCUT2D eigenvalue weighted by Crippen LogP contribution is -2.15. The third-order valence-corrected chi connectivity index (χ3v) is 3.62. The molecule has 0 spiro atoms. The minimum atomic E-state index is -0.242. The van der Waals surface area contributed by atoms with E-state index in [0.29, 0.717) is 0 Å². The van der Waals surface area contributed by atoms with E-state index >= 15 is 0 Å². The maximum absolute atomic E-state index is 11.4. The highest BCUT2D eigenvalue weighted by Crippen LogP contribution is 2.40. The third kappa shape index (κ3) is 2.73. The average Bonchev–Trinajstić information content (AvgIpc) is 2.87. The Hall–Kier alpha value is -1.55. The van der Waals surface area contributed by atoms with Gasteiger partial charge in [-0.15, -0.1) is 0 Å². The van der Waals surface area contributed by atoms with E-state index in [9.17, 15) is 4.79 Å². The summed E-state index contributed by atoms with van der Waals surface area (Å²) in [6.07, 6.45) is 6.21. The van der Waals surface area contributed by atoms with Crippen molar-refractivity contribution in [2.45, 2.75) is 45.5 Å². The lowest BCUT2D eigenvalue weighted by Gasteiger charge is -2.06. The average molecular weight is 262 g/mol. The number of epoxide rings is 1. The normalized spacial score (nSPS) is 29.3. The molecule has 0 aromatic carbocycles. The van der Waals surface area contributed by atoms with E-state index in [-0.39, 0.29) is 24.3 Å². The number of rotatable bonds is 5. The molecule has 2 aliphatic heterocycles. The Kier molecular flexibility index (Phi) is 3.19. The van der Waals surface area contributed by atoms with Crippen molar-refractivity contribution in [3.05, 3.63) is 35.3 Å². The first kappa shape index (κ1) is 12.5. The molecule has 3 rings (SSSR count). The number of hydrogen-bond donors (Lipinski definition) is 0. The van der Waals surface area contributed by atoms with Crippen molar-refractivity contribution in [2.24, 2.45) is 5.92 Å². The predicted molar refractivity (Wildman–Crippen MR) is 68.4 cm³/mol. The van der Waals surface area contributed by atoms with E-state index in [1.807, 2.05) is 13.0 Å². The highest BCUT2D eigenvalue weighted by atomic mass is 16.8. The summed E-state index contributed by atoms with van der Waals surface area (Å²) in [7, 11) is 0. The molecule has 4 heteroatoms. The summed E-state index contributed by atoms with van der Waals surface area (Å²) < 4.78 is 15.6. The van der Waals surface area contributed by atoms with Gasteiger partial charge in [-0.25, -0.2) is 0 Å². The van der Waals surface area contributed by atoms with Crippen molar-refractivity contribution >= 4 is 5.97 Å². The van der Waals surface area contributed by atoms with Crippen LogP contribution in [0.4, 0.5) is 0 Å². The molecule has 0 bridgehead atoms. The summed E-state index contributed by atoms with van der Waals surface area (Å²) in [5.41, 5.74) is 2.41. The van der Waals surface area contributed by atoms with Crippen LogP contribution in [0, 0.1) is 12.8 Å². The van der Waals surface area contributed by atoms with E-state index in [1.54, 1.807) is 6.26 Å². The van der Waals surface area contributed by atoms with Crippen LogP contribution in [0.2, 0.25) is 0 Å². The van der Waals surface area contributed by atoms with Gasteiger partial charge in [-0.05, 0) is 38.3 Å². The van der Waals surface area contributed by atoms with Crippen molar-refractivity contribution < 1.29 is 18.7 Å². The van der Waals surface area contributed by atoms with Crippen LogP contribution >= 0.6 is 0 Å². The summed E-state index contributed by atoms with van der Waals surface area (Å²) in [6.45, 7) is 4.10. The van der Waals surface area contributed by atoms with Crippen molar-refractivity contribution in [1.29, 1.82) is 0 Å². The van der Waals surface area contributed by atoms with Crippen LogP contribution in [-0.2, 0) is 20.7 Å². The van der Waals surface area contributed by atoms with Crippen LogP contribution in [0.1, 0.15) is 31.1 Å². The van der Waals surface area contributed by atoms with Gasteiger partial charge in [0.15, 0.2) is 0 Å². The summed E-state index contributed by atoms with van der Waals surface area (Å²) in [6, 6.07) is 2.05. The number of aryl methyl sites for hydroxylation is 1. The lowest BCUT2D eigenvalue weighted by atomic mass is 10.00. The minimum absolute atomic E-state index is 0.0222. The molecule has 0 unspecified atom stereocenters. The van der Waals surface area contributed by atoms with Gasteiger partial charge in [0, 0.05) is 6.42 Å². The molecule has 0 saturated carbocycles. The fraction of sp³-hybridized carbons (Fsp3) is 0.533.